The first-order chi connectivity index (χ1) is 8.08. The first-order valence-electron chi connectivity index (χ1n) is 5.85. The number of pyridine rings is 1. The number of nitrogens with two attached hydrogens (primary N) is 1. The molecule has 0 radical (unpaired) electrons. The van der Waals surface area contributed by atoms with Crippen molar-refractivity contribution in [3.8, 4) is 0 Å². The molecular formula is C12H15N3O2. The average Bonchev–Trinajstić information content (AvgIpc) is 3.08. The highest BCUT2D eigenvalue weighted by Crippen LogP contribution is 2.43. The molecule has 1 aliphatic heterocycles. The van der Waals surface area contributed by atoms with E-state index in [9.17, 15) is 9.59 Å². The number of hydrogen-bond acceptors (Lipinski definition) is 3. The van der Waals surface area contributed by atoms with E-state index in [1.807, 2.05) is 0 Å². The smallest absolute Gasteiger partial charge is 0.254 e. The molecule has 0 unspecified atom stereocenters. The van der Waals surface area contributed by atoms with Crippen molar-refractivity contribution in [3.05, 3.63) is 34.2 Å². The van der Waals surface area contributed by atoms with Crippen LogP contribution in [0, 0.1) is 5.92 Å². The van der Waals surface area contributed by atoms with Gasteiger partial charge in [-0.05, 0) is 24.8 Å². The van der Waals surface area contributed by atoms with E-state index in [2.05, 4.69) is 4.98 Å². The predicted octanol–water partition coefficient (Wildman–Crippen LogP) is -0.0618. The third kappa shape index (κ3) is 1.76. The fourth-order valence-electron chi connectivity index (χ4n) is 2.48. The van der Waals surface area contributed by atoms with E-state index in [0.29, 0.717) is 24.6 Å². The van der Waals surface area contributed by atoms with E-state index in [-0.39, 0.29) is 17.0 Å². The van der Waals surface area contributed by atoms with Crippen LogP contribution in [0.5, 0.6) is 0 Å². The van der Waals surface area contributed by atoms with Crippen LogP contribution < -0.4 is 11.3 Å². The third-order valence-electron chi connectivity index (χ3n) is 3.67. The summed E-state index contributed by atoms with van der Waals surface area (Å²) in [7, 11) is 0. The van der Waals surface area contributed by atoms with Gasteiger partial charge in [-0.25, -0.2) is 0 Å². The number of hydrogen-bond donors (Lipinski definition) is 2. The van der Waals surface area contributed by atoms with Crippen LogP contribution in [0.2, 0.25) is 0 Å². The van der Waals surface area contributed by atoms with Crippen LogP contribution in [0.15, 0.2) is 23.1 Å². The van der Waals surface area contributed by atoms with Crippen molar-refractivity contribution in [2.45, 2.75) is 18.4 Å². The lowest BCUT2D eigenvalue weighted by Gasteiger charge is -2.48. The SMILES string of the molecule is NC1(C2CC2)CN(C(=O)c2cc[nH]c(=O)c2)C1. The molecular weight excluding hydrogens is 218 g/mol. The molecule has 1 saturated carbocycles. The molecule has 1 amide bonds. The first kappa shape index (κ1) is 10.5. The molecule has 2 aliphatic rings. The van der Waals surface area contributed by atoms with Crippen LogP contribution in [-0.2, 0) is 0 Å². The normalized spacial score (nSPS) is 22.1. The molecule has 2 fully saturated rings. The lowest BCUT2D eigenvalue weighted by molar-refractivity contribution is 0.0350. The maximum Gasteiger partial charge on any atom is 0.254 e. The largest absolute Gasteiger partial charge is 0.335 e. The van der Waals surface area contributed by atoms with Crippen molar-refractivity contribution >= 4 is 5.91 Å². The summed E-state index contributed by atoms with van der Waals surface area (Å²) in [5, 5.41) is 0. The molecule has 5 nitrogen and oxygen atoms in total. The number of nitrogens with one attached hydrogen (secondary N) is 1. The van der Waals surface area contributed by atoms with Crippen LogP contribution in [0.25, 0.3) is 0 Å². The molecule has 5 heteroatoms. The Morgan fingerprint density at radius 2 is 2.18 bits per heavy atom. The maximum atomic E-state index is 12.0. The second-order valence-electron chi connectivity index (χ2n) is 5.11. The molecule has 0 atom stereocenters. The van der Waals surface area contributed by atoms with Crippen molar-refractivity contribution in [2.24, 2.45) is 11.7 Å². The minimum atomic E-state index is -0.252. The molecule has 3 N–H and O–H groups in total. The van der Waals surface area contributed by atoms with Crippen LogP contribution >= 0.6 is 0 Å². The lowest BCUT2D eigenvalue weighted by Crippen LogP contribution is -2.69. The predicted molar refractivity (Wildman–Crippen MR) is 62.6 cm³/mol. The minimum absolute atomic E-state index is 0.0992. The highest BCUT2D eigenvalue weighted by atomic mass is 16.2. The van der Waals surface area contributed by atoms with Gasteiger partial charge in [0, 0.05) is 30.9 Å². The van der Waals surface area contributed by atoms with E-state index < -0.39 is 0 Å². The number of H-pyrrole nitrogens is 1. The molecule has 2 heterocycles. The van der Waals surface area contributed by atoms with Crippen molar-refractivity contribution < 1.29 is 4.79 Å². The molecule has 0 aromatic carbocycles. The summed E-state index contributed by atoms with van der Waals surface area (Å²) in [4.78, 5) is 27.4. The Morgan fingerprint density at radius 1 is 1.47 bits per heavy atom. The Kier molecular flexibility index (Phi) is 2.13. The summed E-state index contributed by atoms with van der Waals surface area (Å²) in [5.74, 6) is 0.489. The number of amides is 1. The van der Waals surface area contributed by atoms with Crippen molar-refractivity contribution in [1.29, 1.82) is 0 Å². The van der Waals surface area contributed by atoms with Gasteiger partial charge >= 0.3 is 0 Å². The van der Waals surface area contributed by atoms with Crippen LogP contribution in [-0.4, -0.2) is 34.4 Å². The number of likely N-dealkylation sites (tertiary alicyclic amines) is 1. The van der Waals surface area contributed by atoms with E-state index in [1.54, 1.807) is 11.0 Å². The molecule has 90 valence electrons. The Labute approximate surface area is 98.6 Å². The van der Waals surface area contributed by atoms with Gasteiger partial charge in [-0.3, -0.25) is 9.59 Å². The zero-order valence-corrected chi connectivity index (χ0v) is 9.48. The van der Waals surface area contributed by atoms with Gasteiger partial charge in [-0.2, -0.15) is 0 Å². The summed E-state index contributed by atoms with van der Waals surface area (Å²) < 4.78 is 0. The van der Waals surface area contributed by atoms with Crippen molar-refractivity contribution in [3.63, 3.8) is 0 Å². The van der Waals surface area contributed by atoms with Gasteiger partial charge in [0.25, 0.3) is 5.91 Å². The summed E-state index contributed by atoms with van der Waals surface area (Å²) in [6.07, 6.45) is 3.86. The Balaban J connectivity index is 1.71. The Hall–Kier alpha value is -1.62. The van der Waals surface area contributed by atoms with Crippen LogP contribution in [0.4, 0.5) is 0 Å². The first-order valence-corrected chi connectivity index (χ1v) is 5.85. The van der Waals surface area contributed by atoms with Gasteiger partial charge in [-0.1, -0.05) is 0 Å². The fraction of sp³-hybridized carbons (Fsp3) is 0.500. The third-order valence-corrected chi connectivity index (χ3v) is 3.67. The Bertz CT molecular complexity index is 512. The molecule has 17 heavy (non-hydrogen) atoms. The molecule has 1 saturated heterocycles. The molecule has 1 aromatic rings. The molecule has 1 aromatic heterocycles. The lowest BCUT2D eigenvalue weighted by atomic mass is 9.85. The van der Waals surface area contributed by atoms with Crippen LogP contribution in [0.3, 0.4) is 0 Å². The summed E-state index contributed by atoms with van der Waals surface area (Å²) in [6.45, 7) is 1.23. The zero-order valence-electron chi connectivity index (χ0n) is 9.48. The topological polar surface area (TPSA) is 79.2 Å². The summed E-state index contributed by atoms with van der Waals surface area (Å²) >= 11 is 0. The fourth-order valence-corrected chi connectivity index (χ4v) is 2.48. The second-order valence-corrected chi connectivity index (χ2v) is 5.11. The number of aromatic nitrogens is 1. The number of carbonyl (C=O) groups is 1. The van der Waals surface area contributed by atoms with Gasteiger partial charge in [-0.15, -0.1) is 0 Å². The highest BCUT2D eigenvalue weighted by Gasteiger charge is 2.51. The number of aromatic amines is 1. The van der Waals surface area contributed by atoms with Gasteiger partial charge in [0.05, 0.1) is 5.54 Å². The van der Waals surface area contributed by atoms with E-state index >= 15 is 0 Å². The van der Waals surface area contributed by atoms with E-state index in [0.717, 1.165) is 0 Å². The summed E-state index contributed by atoms with van der Waals surface area (Å²) in [6, 6.07) is 2.95. The summed E-state index contributed by atoms with van der Waals surface area (Å²) in [5.41, 5.74) is 6.20. The molecule has 3 rings (SSSR count). The Morgan fingerprint density at radius 3 is 2.76 bits per heavy atom. The maximum absolute atomic E-state index is 12.0. The average molecular weight is 233 g/mol. The zero-order chi connectivity index (χ0) is 12.0. The van der Waals surface area contributed by atoms with Gasteiger partial charge in [0.1, 0.15) is 0 Å². The van der Waals surface area contributed by atoms with Gasteiger partial charge in [0.15, 0.2) is 0 Å². The van der Waals surface area contributed by atoms with E-state index in [1.165, 1.54) is 25.1 Å². The monoisotopic (exact) mass is 233 g/mol. The van der Waals surface area contributed by atoms with Crippen LogP contribution in [0.1, 0.15) is 23.2 Å². The van der Waals surface area contributed by atoms with Gasteiger partial charge < -0.3 is 15.6 Å². The molecule has 0 spiro atoms. The quantitative estimate of drug-likeness (QED) is 0.751. The number of rotatable bonds is 2. The van der Waals surface area contributed by atoms with Gasteiger partial charge in [0.2, 0.25) is 5.56 Å². The molecule has 0 bridgehead atoms. The number of carbonyl (C=O) groups excluding carboxylic acids is 1. The standard InChI is InChI=1S/C12H15N3O2/c13-12(9-1-2-9)6-15(7-12)11(17)8-3-4-14-10(16)5-8/h3-5,9H,1-2,6-7,13H2,(H,14,16). The minimum Gasteiger partial charge on any atom is -0.335 e. The van der Waals surface area contributed by atoms with E-state index in [4.69, 9.17) is 5.73 Å². The molecule has 1 aliphatic carbocycles. The van der Waals surface area contributed by atoms with Crippen molar-refractivity contribution in [1.82, 2.24) is 9.88 Å². The second kappa shape index (κ2) is 3.43. The highest BCUT2D eigenvalue weighted by molar-refractivity contribution is 5.94. The number of nitrogens with zero attached hydrogens (tertiary/aromatic N) is 1. The van der Waals surface area contributed by atoms with Crippen molar-refractivity contribution in [2.75, 3.05) is 13.1 Å².